The fraction of sp³-hybridized carbons (Fsp3) is 0.125. The first kappa shape index (κ1) is 6.22. The summed E-state index contributed by atoms with van der Waals surface area (Å²) in [5.41, 5.74) is 0.924. The van der Waals surface area contributed by atoms with Gasteiger partial charge in [0.05, 0.1) is 0 Å². The van der Waals surface area contributed by atoms with Crippen molar-refractivity contribution < 1.29 is 4.79 Å². The molecule has 2 aliphatic rings. The molecule has 0 aromatic heterocycles. The van der Waals surface area contributed by atoms with Gasteiger partial charge in [-0.1, -0.05) is 24.3 Å². The van der Waals surface area contributed by atoms with E-state index in [2.05, 4.69) is 10.2 Å². The molecular weight excluding hydrogens is 140 g/mol. The van der Waals surface area contributed by atoms with E-state index < -0.39 is 0 Å². The van der Waals surface area contributed by atoms with E-state index in [4.69, 9.17) is 0 Å². The van der Waals surface area contributed by atoms with Gasteiger partial charge in [0, 0.05) is 6.08 Å². The smallest absolute Gasteiger partial charge is 0.266 e. The lowest BCUT2D eigenvalue weighted by molar-refractivity contribution is -0.114. The molecule has 0 saturated heterocycles. The highest BCUT2D eigenvalue weighted by molar-refractivity contribution is 5.90. The van der Waals surface area contributed by atoms with Crippen LogP contribution in [0, 0.1) is 0 Å². The predicted octanol–water partition coefficient (Wildman–Crippen LogP) is 1.40. The Morgan fingerprint density at radius 2 is 2.27 bits per heavy atom. The Morgan fingerprint density at radius 3 is 3.18 bits per heavy atom. The van der Waals surface area contributed by atoms with Gasteiger partial charge in [0.25, 0.3) is 5.91 Å². The standard InChI is InChI=1S/C8H6N2O/c11-8-5-6-3-1-2-4-7(6)9-10-8/h1-5,7H. The second-order valence-corrected chi connectivity index (χ2v) is 2.39. The number of hydrogen-bond donors (Lipinski definition) is 0. The molecule has 54 valence electrons. The van der Waals surface area contributed by atoms with E-state index in [1.807, 2.05) is 24.3 Å². The van der Waals surface area contributed by atoms with Gasteiger partial charge in [0.15, 0.2) is 0 Å². The van der Waals surface area contributed by atoms with E-state index in [-0.39, 0.29) is 11.9 Å². The number of carbonyl (C=O) groups is 1. The molecule has 0 radical (unpaired) electrons. The minimum absolute atomic E-state index is 0.0299. The third-order valence-corrected chi connectivity index (χ3v) is 1.61. The van der Waals surface area contributed by atoms with Gasteiger partial charge in [-0.3, -0.25) is 4.79 Å². The maximum atomic E-state index is 10.7. The molecule has 0 saturated carbocycles. The summed E-state index contributed by atoms with van der Waals surface area (Å²) in [4.78, 5) is 10.7. The van der Waals surface area contributed by atoms with Gasteiger partial charge >= 0.3 is 0 Å². The van der Waals surface area contributed by atoms with Crippen molar-refractivity contribution in [2.45, 2.75) is 6.04 Å². The van der Waals surface area contributed by atoms with Gasteiger partial charge in [-0.15, -0.1) is 5.11 Å². The summed E-state index contributed by atoms with van der Waals surface area (Å²) < 4.78 is 0. The van der Waals surface area contributed by atoms with Crippen LogP contribution >= 0.6 is 0 Å². The van der Waals surface area contributed by atoms with Crippen LogP contribution in [-0.4, -0.2) is 11.9 Å². The maximum absolute atomic E-state index is 10.7. The van der Waals surface area contributed by atoms with Crippen molar-refractivity contribution in [1.82, 2.24) is 0 Å². The lowest BCUT2D eigenvalue weighted by Crippen LogP contribution is -2.11. The average Bonchev–Trinajstić information content (AvgIpc) is 2.04. The van der Waals surface area contributed by atoms with Gasteiger partial charge in [-0.25, -0.2) is 0 Å². The van der Waals surface area contributed by atoms with Crippen molar-refractivity contribution in [1.29, 1.82) is 0 Å². The molecule has 3 heteroatoms. The normalized spacial score (nSPS) is 26.7. The van der Waals surface area contributed by atoms with E-state index >= 15 is 0 Å². The summed E-state index contributed by atoms with van der Waals surface area (Å²) in [5.74, 6) is -0.267. The minimum atomic E-state index is -0.267. The lowest BCUT2D eigenvalue weighted by atomic mass is 10.0. The molecule has 1 amide bonds. The molecule has 0 aromatic carbocycles. The molecule has 0 aromatic rings. The number of azo groups is 1. The number of fused-ring (bicyclic) bond motifs is 1. The van der Waals surface area contributed by atoms with Crippen molar-refractivity contribution in [2.24, 2.45) is 10.2 Å². The quantitative estimate of drug-likeness (QED) is 0.509. The third-order valence-electron chi connectivity index (χ3n) is 1.61. The molecule has 1 heterocycles. The van der Waals surface area contributed by atoms with Crippen LogP contribution in [0.25, 0.3) is 0 Å². The molecule has 11 heavy (non-hydrogen) atoms. The Hall–Kier alpha value is -1.51. The number of carbonyl (C=O) groups excluding carboxylic acids is 1. The first-order valence-corrected chi connectivity index (χ1v) is 3.37. The minimum Gasteiger partial charge on any atom is -0.266 e. The Labute approximate surface area is 63.8 Å². The molecule has 0 bridgehead atoms. The number of nitrogens with zero attached hydrogens (tertiary/aromatic N) is 2. The fourth-order valence-corrected chi connectivity index (χ4v) is 1.07. The van der Waals surface area contributed by atoms with Crippen molar-refractivity contribution in [3.05, 3.63) is 36.0 Å². The first-order chi connectivity index (χ1) is 5.36. The molecule has 1 aliphatic carbocycles. The monoisotopic (exact) mass is 146 g/mol. The summed E-state index contributed by atoms with van der Waals surface area (Å²) in [5, 5.41) is 7.24. The van der Waals surface area contributed by atoms with Gasteiger partial charge in [0.1, 0.15) is 6.04 Å². The topological polar surface area (TPSA) is 41.8 Å². The molecule has 1 atom stereocenters. The highest BCUT2D eigenvalue weighted by atomic mass is 16.1. The van der Waals surface area contributed by atoms with Gasteiger partial charge in [-0.05, 0) is 5.57 Å². The highest BCUT2D eigenvalue weighted by Gasteiger charge is 2.15. The van der Waals surface area contributed by atoms with Crippen LogP contribution in [0.2, 0.25) is 0 Å². The van der Waals surface area contributed by atoms with E-state index in [0.717, 1.165) is 5.57 Å². The number of hydrogen-bond acceptors (Lipinski definition) is 2. The number of allylic oxidation sites excluding steroid dienone is 2. The summed E-state index contributed by atoms with van der Waals surface area (Å²) >= 11 is 0. The zero-order valence-corrected chi connectivity index (χ0v) is 5.77. The SMILES string of the molecule is O=C1C=C2C=CC=CC2N=N1. The van der Waals surface area contributed by atoms with Crippen molar-refractivity contribution in [3.63, 3.8) is 0 Å². The number of amides is 1. The van der Waals surface area contributed by atoms with Crippen LogP contribution in [0.15, 0.2) is 46.2 Å². The molecule has 0 fully saturated rings. The van der Waals surface area contributed by atoms with Crippen LogP contribution in [-0.2, 0) is 4.79 Å². The second kappa shape index (κ2) is 2.27. The fourth-order valence-electron chi connectivity index (χ4n) is 1.07. The van der Waals surface area contributed by atoms with E-state index in [9.17, 15) is 4.79 Å². The zero-order chi connectivity index (χ0) is 7.68. The molecule has 1 unspecified atom stereocenters. The van der Waals surface area contributed by atoms with Gasteiger partial charge < -0.3 is 0 Å². The third kappa shape index (κ3) is 1.05. The average molecular weight is 146 g/mol. The molecule has 1 aliphatic heterocycles. The molecule has 0 N–H and O–H groups in total. The van der Waals surface area contributed by atoms with Crippen LogP contribution in [0.1, 0.15) is 0 Å². The van der Waals surface area contributed by atoms with E-state index in [1.165, 1.54) is 6.08 Å². The molecule has 3 nitrogen and oxygen atoms in total. The van der Waals surface area contributed by atoms with Gasteiger partial charge in [-0.2, -0.15) is 5.11 Å². The molecule has 0 spiro atoms. The second-order valence-electron chi connectivity index (χ2n) is 2.39. The Balaban J connectivity index is 2.39. The summed E-state index contributed by atoms with van der Waals surface area (Å²) in [6, 6.07) is -0.0299. The van der Waals surface area contributed by atoms with Crippen molar-refractivity contribution in [2.75, 3.05) is 0 Å². The molecule has 2 rings (SSSR count). The van der Waals surface area contributed by atoms with E-state index in [1.54, 1.807) is 0 Å². The summed E-state index contributed by atoms with van der Waals surface area (Å²) in [7, 11) is 0. The Bertz CT molecular complexity index is 310. The Morgan fingerprint density at radius 1 is 1.36 bits per heavy atom. The van der Waals surface area contributed by atoms with Crippen molar-refractivity contribution >= 4 is 5.91 Å². The van der Waals surface area contributed by atoms with Crippen LogP contribution in [0.5, 0.6) is 0 Å². The summed E-state index contributed by atoms with van der Waals surface area (Å²) in [6.07, 6.45) is 9.08. The van der Waals surface area contributed by atoms with Crippen molar-refractivity contribution in [3.8, 4) is 0 Å². The van der Waals surface area contributed by atoms with E-state index in [0.29, 0.717) is 0 Å². The Kier molecular flexibility index (Phi) is 1.28. The lowest BCUT2D eigenvalue weighted by Gasteiger charge is -2.12. The molecular formula is C8H6N2O. The number of rotatable bonds is 0. The van der Waals surface area contributed by atoms with Crippen LogP contribution in [0.4, 0.5) is 0 Å². The largest absolute Gasteiger partial charge is 0.288 e. The zero-order valence-electron chi connectivity index (χ0n) is 5.77. The van der Waals surface area contributed by atoms with Crippen LogP contribution < -0.4 is 0 Å². The predicted molar refractivity (Wildman–Crippen MR) is 40.0 cm³/mol. The first-order valence-electron chi connectivity index (χ1n) is 3.37. The highest BCUT2D eigenvalue weighted by Crippen LogP contribution is 2.18. The van der Waals surface area contributed by atoms with Crippen LogP contribution in [0.3, 0.4) is 0 Å². The summed E-state index contributed by atoms with van der Waals surface area (Å²) in [6.45, 7) is 0. The van der Waals surface area contributed by atoms with Gasteiger partial charge in [0.2, 0.25) is 0 Å². The maximum Gasteiger partial charge on any atom is 0.288 e.